The molecule has 0 unspecified atom stereocenters. The molecule has 96 valence electrons. The van der Waals surface area contributed by atoms with Crippen LogP contribution in [0.4, 0.5) is 0 Å². The van der Waals surface area contributed by atoms with Crippen LogP contribution in [0.1, 0.15) is 39.5 Å². The molecule has 1 aliphatic rings. The molecule has 1 rings (SSSR count). The van der Waals surface area contributed by atoms with Crippen molar-refractivity contribution in [1.29, 1.82) is 0 Å². The maximum Gasteiger partial charge on any atom is 0.190 e. The molecule has 3 nitrogen and oxygen atoms in total. The SMILES string of the molecule is CN=C(NCCCC(C)C)NCC1CC1.I. The molecule has 0 heterocycles. The summed E-state index contributed by atoms with van der Waals surface area (Å²) in [5.41, 5.74) is 0. The van der Waals surface area contributed by atoms with Gasteiger partial charge >= 0.3 is 0 Å². The van der Waals surface area contributed by atoms with Crippen molar-refractivity contribution >= 4 is 29.9 Å². The van der Waals surface area contributed by atoms with Crippen LogP contribution in [0.2, 0.25) is 0 Å². The second-order valence-electron chi connectivity index (χ2n) is 4.86. The third kappa shape index (κ3) is 8.19. The van der Waals surface area contributed by atoms with Gasteiger partial charge in [-0.05, 0) is 37.5 Å². The molecule has 0 radical (unpaired) electrons. The summed E-state index contributed by atoms with van der Waals surface area (Å²) in [7, 11) is 1.84. The highest BCUT2D eigenvalue weighted by Crippen LogP contribution is 2.27. The zero-order chi connectivity index (χ0) is 11.1. The molecule has 4 heteroatoms. The molecule has 1 aliphatic carbocycles. The fourth-order valence-electron chi connectivity index (χ4n) is 1.50. The van der Waals surface area contributed by atoms with Gasteiger partial charge in [0.05, 0.1) is 0 Å². The minimum absolute atomic E-state index is 0. The van der Waals surface area contributed by atoms with E-state index in [1.807, 2.05) is 7.05 Å². The Morgan fingerprint density at radius 2 is 2.00 bits per heavy atom. The number of nitrogens with one attached hydrogen (secondary N) is 2. The first-order valence-electron chi connectivity index (χ1n) is 6.17. The van der Waals surface area contributed by atoms with Gasteiger partial charge in [0.15, 0.2) is 5.96 Å². The van der Waals surface area contributed by atoms with Gasteiger partial charge in [0, 0.05) is 20.1 Å². The van der Waals surface area contributed by atoms with Crippen LogP contribution in [-0.2, 0) is 0 Å². The third-order valence-corrected chi connectivity index (χ3v) is 2.73. The molecular formula is C12H26IN3. The van der Waals surface area contributed by atoms with Crippen LogP contribution in [0.3, 0.4) is 0 Å². The summed E-state index contributed by atoms with van der Waals surface area (Å²) >= 11 is 0. The van der Waals surface area contributed by atoms with E-state index in [4.69, 9.17) is 0 Å². The molecule has 0 aromatic rings. The average Bonchev–Trinajstić information content (AvgIpc) is 3.00. The standard InChI is InChI=1S/C12H25N3.HI/c1-10(2)5-4-8-14-12(13-3)15-9-11-6-7-11;/h10-11H,4-9H2,1-3H3,(H2,13,14,15);1H. The van der Waals surface area contributed by atoms with Crippen LogP contribution in [0.5, 0.6) is 0 Å². The Kier molecular flexibility index (Phi) is 9.07. The van der Waals surface area contributed by atoms with Gasteiger partial charge in [0.25, 0.3) is 0 Å². The first-order chi connectivity index (χ1) is 7.22. The van der Waals surface area contributed by atoms with Gasteiger partial charge in [0.1, 0.15) is 0 Å². The minimum Gasteiger partial charge on any atom is -0.356 e. The Labute approximate surface area is 117 Å². The summed E-state index contributed by atoms with van der Waals surface area (Å²) in [5, 5.41) is 6.71. The number of hydrogen-bond donors (Lipinski definition) is 2. The van der Waals surface area contributed by atoms with E-state index in [1.165, 1.54) is 25.7 Å². The van der Waals surface area contributed by atoms with Gasteiger partial charge in [-0.2, -0.15) is 0 Å². The summed E-state index contributed by atoms with van der Waals surface area (Å²) in [6.07, 6.45) is 5.28. The van der Waals surface area contributed by atoms with Crippen molar-refractivity contribution in [3.8, 4) is 0 Å². The molecule has 0 atom stereocenters. The number of rotatable bonds is 6. The Morgan fingerprint density at radius 3 is 2.50 bits per heavy atom. The zero-order valence-corrected chi connectivity index (χ0v) is 13.1. The normalized spacial score (nSPS) is 15.9. The topological polar surface area (TPSA) is 36.4 Å². The second kappa shape index (κ2) is 9.07. The molecule has 1 saturated carbocycles. The fourth-order valence-corrected chi connectivity index (χ4v) is 1.50. The van der Waals surface area contributed by atoms with E-state index in [0.717, 1.165) is 30.9 Å². The number of aliphatic imine (C=N–C) groups is 1. The van der Waals surface area contributed by atoms with E-state index in [0.29, 0.717) is 0 Å². The lowest BCUT2D eigenvalue weighted by atomic mass is 10.1. The maximum atomic E-state index is 4.20. The average molecular weight is 339 g/mol. The van der Waals surface area contributed by atoms with Crippen LogP contribution in [0.25, 0.3) is 0 Å². The molecule has 0 bridgehead atoms. The van der Waals surface area contributed by atoms with Crippen molar-refractivity contribution in [3.63, 3.8) is 0 Å². The summed E-state index contributed by atoms with van der Waals surface area (Å²) < 4.78 is 0. The molecule has 0 saturated heterocycles. The number of hydrogen-bond acceptors (Lipinski definition) is 1. The number of nitrogens with zero attached hydrogens (tertiary/aromatic N) is 1. The van der Waals surface area contributed by atoms with Crippen molar-refractivity contribution in [3.05, 3.63) is 0 Å². The summed E-state index contributed by atoms with van der Waals surface area (Å²) in [6, 6.07) is 0. The van der Waals surface area contributed by atoms with E-state index in [1.54, 1.807) is 0 Å². The van der Waals surface area contributed by atoms with Crippen LogP contribution < -0.4 is 10.6 Å². The van der Waals surface area contributed by atoms with Crippen molar-refractivity contribution in [2.45, 2.75) is 39.5 Å². The minimum atomic E-state index is 0. The highest BCUT2D eigenvalue weighted by Gasteiger charge is 2.20. The Hall–Kier alpha value is 0. The molecule has 1 fully saturated rings. The molecule has 16 heavy (non-hydrogen) atoms. The highest BCUT2D eigenvalue weighted by atomic mass is 127. The van der Waals surface area contributed by atoms with E-state index < -0.39 is 0 Å². The molecule has 0 aliphatic heterocycles. The van der Waals surface area contributed by atoms with Gasteiger partial charge < -0.3 is 10.6 Å². The van der Waals surface area contributed by atoms with Gasteiger partial charge in [-0.1, -0.05) is 13.8 Å². The summed E-state index contributed by atoms with van der Waals surface area (Å²) in [5.74, 6) is 2.66. The lowest BCUT2D eigenvalue weighted by Gasteiger charge is -2.11. The van der Waals surface area contributed by atoms with Gasteiger partial charge in [-0.15, -0.1) is 24.0 Å². The molecular weight excluding hydrogens is 313 g/mol. The zero-order valence-electron chi connectivity index (χ0n) is 10.8. The number of guanidine groups is 1. The lowest BCUT2D eigenvalue weighted by Crippen LogP contribution is -2.38. The summed E-state index contributed by atoms with van der Waals surface area (Å²) in [4.78, 5) is 4.20. The Balaban J connectivity index is 0.00000225. The smallest absolute Gasteiger partial charge is 0.190 e. The van der Waals surface area contributed by atoms with Crippen LogP contribution in [0.15, 0.2) is 4.99 Å². The Bertz CT molecular complexity index is 200. The Morgan fingerprint density at radius 1 is 1.31 bits per heavy atom. The summed E-state index contributed by atoms with van der Waals surface area (Å²) in [6.45, 7) is 6.65. The van der Waals surface area contributed by atoms with Gasteiger partial charge in [0.2, 0.25) is 0 Å². The van der Waals surface area contributed by atoms with E-state index in [-0.39, 0.29) is 24.0 Å². The van der Waals surface area contributed by atoms with Crippen molar-refractivity contribution < 1.29 is 0 Å². The van der Waals surface area contributed by atoms with Crippen LogP contribution >= 0.6 is 24.0 Å². The first-order valence-corrected chi connectivity index (χ1v) is 6.17. The second-order valence-corrected chi connectivity index (χ2v) is 4.86. The molecule has 2 N–H and O–H groups in total. The quantitative estimate of drug-likeness (QED) is 0.338. The molecule has 0 amide bonds. The van der Waals surface area contributed by atoms with Crippen LogP contribution in [0, 0.1) is 11.8 Å². The monoisotopic (exact) mass is 339 g/mol. The highest BCUT2D eigenvalue weighted by molar-refractivity contribution is 14.0. The first kappa shape index (κ1) is 16.0. The fraction of sp³-hybridized carbons (Fsp3) is 0.917. The van der Waals surface area contributed by atoms with Gasteiger partial charge in [-0.25, -0.2) is 0 Å². The molecule has 0 aromatic carbocycles. The van der Waals surface area contributed by atoms with E-state index in [9.17, 15) is 0 Å². The van der Waals surface area contributed by atoms with Crippen LogP contribution in [-0.4, -0.2) is 26.1 Å². The molecule has 0 spiro atoms. The predicted molar refractivity (Wildman–Crippen MR) is 81.6 cm³/mol. The largest absolute Gasteiger partial charge is 0.356 e. The van der Waals surface area contributed by atoms with E-state index in [2.05, 4.69) is 29.5 Å². The predicted octanol–water partition coefficient (Wildman–Crippen LogP) is 2.62. The molecule has 0 aromatic heterocycles. The van der Waals surface area contributed by atoms with Crippen molar-refractivity contribution in [2.24, 2.45) is 16.8 Å². The van der Waals surface area contributed by atoms with Crippen molar-refractivity contribution in [2.75, 3.05) is 20.1 Å². The number of halogens is 1. The van der Waals surface area contributed by atoms with E-state index >= 15 is 0 Å². The lowest BCUT2D eigenvalue weighted by molar-refractivity contribution is 0.549. The van der Waals surface area contributed by atoms with Crippen molar-refractivity contribution in [1.82, 2.24) is 10.6 Å². The maximum absolute atomic E-state index is 4.20. The third-order valence-electron chi connectivity index (χ3n) is 2.73. The van der Waals surface area contributed by atoms with Gasteiger partial charge in [-0.3, -0.25) is 4.99 Å².